The monoisotopic (exact) mass is 195 g/mol. The Morgan fingerprint density at radius 2 is 2.00 bits per heavy atom. The molecule has 2 nitrogen and oxygen atoms in total. The Labute approximate surface area is 87.1 Å². The molecule has 0 aromatic rings. The van der Waals surface area contributed by atoms with Gasteiger partial charge in [0.25, 0.3) is 0 Å². The van der Waals surface area contributed by atoms with Crippen LogP contribution in [0.25, 0.3) is 0 Å². The standard InChI is InChI=1S/C12H21NO/c1-5-6-7-8-9-10(2)12(14-4)11(3)13/h7-9H,5-6,13H2,1-4H3/b8-7+,10-9-,12-11-. The minimum atomic E-state index is 0.713. The predicted octanol–water partition coefficient (Wildman–Crippen LogP) is 3.13. The molecule has 0 amide bonds. The molecule has 0 spiro atoms. The molecule has 0 heterocycles. The fourth-order valence-corrected chi connectivity index (χ4v) is 1.18. The smallest absolute Gasteiger partial charge is 0.140 e. The van der Waals surface area contributed by atoms with Crippen molar-refractivity contribution in [1.82, 2.24) is 0 Å². The molecule has 0 atom stereocenters. The highest BCUT2D eigenvalue weighted by Crippen LogP contribution is 2.12. The third-order valence-electron chi connectivity index (χ3n) is 1.86. The lowest BCUT2D eigenvalue weighted by atomic mass is 10.2. The second kappa shape index (κ2) is 7.25. The van der Waals surface area contributed by atoms with Crippen LogP contribution in [0.4, 0.5) is 0 Å². The average Bonchev–Trinajstić information content (AvgIpc) is 2.13. The number of ether oxygens (including phenoxy) is 1. The molecule has 0 saturated carbocycles. The molecule has 0 aromatic carbocycles. The van der Waals surface area contributed by atoms with Crippen molar-refractivity contribution in [2.24, 2.45) is 5.73 Å². The van der Waals surface area contributed by atoms with Gasteiger partial charge in [-0.1, -0.05) is 31.6 Å². The summed E-state index contributed by atoms with van der Waals surface area (Å²) in [5.74, 6) is 0.770. The van der Waals surface area contributed by atoms with E-state index in [1.807, 2.05) is 26.0 Å². The summed E-state index contributed by atoms with van der Waals surface area (Å²) in [7, 11) is 1.64. The van der Waals surface area contributed by atoms with Crippen LogP contribution in [0.15, 0.2) is 35.3 Å². The zero-order chi connectivity index (χ0) is 11.0. The Bertz CT molecular complexity index is 245. The fraction of sp³-hybridized carbons (Fsp3) is 0.500. The van der Waals surface area contributed by atoms with Crippen molar-refractivity contribution >= 4 is 0 Å². The Kier molecular flexibility index (Phi) is 6.63. The average molecular weight is 195 g/mol. The van der Waals surface area contributed by atoms with Crippen LogP contribution in [-0.4, -0.2) is 7.11 Å². The van der Waals surface area contributed by atoms with Crippen molar-refractivity contribution in [1.29, 1.82) is 0 Å². The zero-order valence-corrected chi connectivity index (χ0v) is 9.63. The summed E-state index contributed by atoms with van der Waals surface area (Å²) in [5.41, 5.74) is 7.44. The Balaban J connectivity index is 4.44. The lowest BCUT2D eigenvalue weighted by molar-refractivity contribution is 0.295. The molecule has 0 bridgehead atoms. The van der Waals surface area contributed by atoms with Crippen molar-refractivity contribution in [2.45, 2.75) is 33.6 Å². The maximum Gasteiger partial charge on any atom is 0.140 e. The lowest BCUT2D eigenvalue weighted by Gasteiger charge is -2.07. The van der Waals surface area contributed by atoms with Crippen molar-refractivity contribution in [3.63, 3.8) is 0 Å². The highest BCUT2D eigenvalue weighted by molar-refractivity contribution is 5.29. The number of hydrogen-bond acceptors (Lipinski definition) is 2. The number of nitrogens with two attached hydrogens (primary N) is 1. The highest BCUT2D eigenvalue weighted by atomic mass is 16.5. The molecule has 0 fully saturated rings. The summed E-state index contributed by atoms with van der Waals surface area (Å²) in [5, 5.41) is 0. The highest BCUT2D eigenvalue weighted by Gasteiger charge is 2.00. The van der Waals surface area contributed by atoms with Gasteiger partial charge in [-0.2, -0.15) is 0 Å². The third kappa shape index (κ3) is 4.75. The van der Waals surface area contributed by atoms with E-state index in [0.29, 0.717) is 5.70 Å². The first-order valence-corrected chi connectivity index (χ1v) is 4.97. The quantitative estimate of drug-likeness (QED) is 0.540. The molecule has 0 aliphatic carbocycles. The molecule has 0 aliphatic heterocycles. The fourth-order valence-electron chi connectivity index (χ4n) is 1.18. The van der Waals surface area contributed by atoms with E-state index in [-0.39, 0.29) is 0 Å². The van der Waals surface area contributed by atoms with Gasteiger partial charge in [-0.15, -0.1) is 0 Å². The second-order valence-corrected chi connectivity index (χ2v) is 3.28. The van der Waals surface area contributed by atoms with Crippen LogP contribution in [0.1, 0.15) is 33.6 Å². The first-order valence-electron chi connectivity index (χ1n) is 4.97. The molecule has 0 aromatic heterocycles. The van der Waals surface area contributed by atoms with E-state index in [1.165, 1.54) is 6.42 Å². The molecule has 2 N–H and O–H groups in total. The van der Waals surface area contributed by atoms with E-state index in [1.54, 1.807) is 7.11 Å². The topological polar surface area (TPSA) is 35.2 Å². The summed E-state index contributed by atoms with van der Waals surface area (Å²) in [6.45, 7) is 5.99. The third-order valence-corrected chi connectivity index (χ3v) is 1.86. The minimum absolute atomic E-state index is 0.713. The number of hydrogen-bond donors (Lipinski definition) is 1. The number of methoxy groups -OCH3 is 1. The molecule has 0 saturated heterocycles. The van der Waals surface area contributed by atoms with E-state index >= 15 is 0 Å². The summed E-state index contributed by atoms with van der Waals surface area (Å²) < 4.78 is 5.18. The number of rotatable bonds is 5. The lowest BCUT2D eigenvalue weighted by Crippen LogP contribution is -2.01. The van der Waals surface area contributed by atoms with E-state index < -0.39 is 0 Å². The summed E-state index contributed by atoms with van der Waals surface area (Å²) in [6.07, 6.45) is 8.48. The molecular weight excluding hydrogens is 174 g/mol. The van der Waals surface area contributed by atoms with Crippen LogP contribution < -0.4 is 5.73 Å². The largest absolute Gasteiger partial charge is 0.495 e. The van der Waals surface area contributed by atoms with E-state index in [4.69, 9.17) is 10.5 Å². The Morgan fingerprint density at radius 1 is 1.36 bits per heavy atom. The van der Waals surface area contributed by atoms with Gasteiger partial charge in [0.05, 0.1) is 7.11 Å². The molecule has 0 aliphatic rings. The van der Waals surface area contributed by atoms with Gasteiger partial charge in [0.15, 0.2) is 0 Å². The summed E-state index contributed by atoms with van der Waals surface area (Å²) in [6, 6.07) is 0. The van der Waals surface area contributed by atoms with Gasteiger partial charge in [0, 0.05) is 5.70 Å². The first kappa shape index (κ1) is 12.8. The van der Waals surface area contributed by atoms with Crippen molar-refractivity contribution in [3.8, 4) is 0 Å². The predicted molar refractivity (Wildman–Crippen MR) is 61.7 cm³/mol. The van der Waals surface area contributed by atoms with Crippen LogP contribution in [0, 0.1) is 0 Å². The van der Waals surface area contributed by atoms with Crippen LogP contribution in [-0.2, 0) is 4.74 Å². The van der Waals surface area contributed by atoms with Crippen molar-refractivity contribution in [2.75, 3.05) is 7.11 Å². The zero-order valence-electron chi connectivity index (χ0n) is 9.63. The van der Waals surface area contributed by atoms with Crippen molar-refractivity contribution in [3.05, 3.63) is 35.3 Å². The molecule has 80 valence electrons. The number of unbranched alkanes of at least 4 members (excludes halogenated alkanes) is 1. The van der Waals surface area contributed by atoms with E-state index in [9.17, 15) is 0 Å². The van der Waals surface area contributed by atoms with E-state index in [0.717, 1.165) is 17.8 Å². The molecule has 2 heteroatoms. The van der Waals surface area contributed by atoms with Crippen LogP contribution in [0.3, 0.4) is 0 Å². The normalized spacial score (nSPS) is 14.4. The SMILES string of the molecule is CCC/C=C/C=C(C)\C(OC)=C(/C)N. The second-order valence-electron chi connectivity index (χ2n) is 3.28. The van der Waals surface area contributed by atoms with Crippen LogP contribution >= 0.6 is 0 Å². The Hall–Kier alpha value is -1.18. The first-order chi connectivity index (χ1) is 6.63. The summed E-state index contributed by atoms with van der Waals surface area (Å²) in [4.78, 5) is 0. The van der Waals surface area contributed by atoms with Crippen LogP contribution in [0.5, 0.6) is 0 Å². The molecule has 0 unspecified atom stereocenters. The molecule has 14 heavy (non-hydrogen) atoms. The van der Waals surface area contributed by atoms with Gasteiger partial charge in [-0.05, 0) is 25.8 Å². The van der Waals surface area contributed by atoms with E-state index in [2.05, 4.69) is 13.0 Å². The van der Waals surface area contributed by atoms with Gasteiger partial charge < -0.3 is 10.5 Å². The van der Waals surface area contributed by atoms with Gasteiger partial charge in [0.1, 0.15) is 5.76 Å². The number of allylic oxidation sites excluding steroid dienone is 5. The minimum Gasteiger partial charge on any atom is -0.495 e. The molecule has 0 radical (unpaired) electrons. The molecule has 0 rings (SSSR count). The summed E-state index contributed by atoms with van der Waals surface area (Å²) >= 11 is 0. The van der Waals surface area contributed by atoms with Gasteiger partial charge in [-0.3, -0.25) is 0 Å². The maximum atomic E-state index is 5.67. The van der Waals surface area contributed by atoms with Gasteiger partial charge in [-0.25, -0.2) is 0 Å². The van der Waals surface area contributed by atoms with Gasteiger partial charge in [0.2, 0.25) is 0 Å². The maximum absolute atomic E-state index is 5.67. The Morgan fingerprint density at radius 3 is 2.43 bits per heavy atom. The molecular formula is C12H21NO. The van der Waals surface area contributed by atoms with Crippen LogP contribution in [0.2, 0.25) is 0 Å². The van der Waals surface area contributed by atoms with Gasteiger partial charge >= 0.3 is 0 Å². The van der Waals surface area contributed by atoms with Crippen molar-refractivity contribution < 1.29 is 4.74 Å².